The van der Waals surface area contributed by atoms with Crippen molar-refractivity contribution in [1.29, 1.82) is 0 Å². The van der Waals surface area contributed by atoms with Crippen LogP contribution >= 0.6 is 0 Å². The molecule has 0 aromatic carbocycles. The Morgan fingerprint density at radius 3 is 0.866 bits per heavy atom. The molecule has 3 N–H and O–H groups in total. The summed E-state index contributed by atoms with van der Waals surface area (Å²) in [6.07, 6.45) is 91.3. The predicted octanol–water partition coefficient (Wildman–Crippen LogP) is 24.5. The standard InChI is InChI=1S/C76H147NO5/c1-3-5-7-9-11-13-15-16-42-46-50-54-58-62-66-70-76(81)82-71-67-63-59-55-51-47-44-41-39-37-35-33-31-29-27-25-23-21-19-17-18-20-22-24-26-28-30-32-34-36-38-40-43-45-49-53-57-61-65-69-75(80)77-73(72-78)74(79)68-64-60-56-52-48-14-12-10-8-6-4-2/h16-18,42,73-74,78-79H,3-15,19-41,43-72H2,1-2H3,(H,77,80)/b18-17-,42-16-. The molecule has 0 spiro atoms. The predicted molar refractivity (Wildman–Crippen MR) is 361 cm³/mol. The second-order valence-corrected chi connectivity index (χ2v) is 26.0. The first-order valence-corrected chi connectivity index (χ1v) is 37.6. The number of aliphatic hydroxyl groups is 2. The van der Waals surface area contributed by atoms with Gasteiger partial charge in [-0.15, -0.1) is 0 Å². The third-order valence-corrected chi connectivity index (χ3v) is 17.7. The van der Waals surface area contributed by atoms with Gasteiger partial charge in [0.15, 0.2) is 0 Å². The molecular weight excluding hydrogens is 1010 g/mol. The minimum atomic E-state index is -0.659. The summed E-state index contributed by atoms with van der Waals surface area (Å²) in [6, 6.07) is -0.536. The summed E-state index contributed by atoms with van der Waals surface area (Å²) in [4.78, 5) is 24.5. The molecule has 0 saturated heterocycles. The van der Waals surface area contributed by atoms with Crippen LogP contribution in [0.25, 0.3) is 0 Å². The monoisotopic (exact) mass is 1150 g/mol. The van der Waals surface area contributed by atoms with Crippen molar-refractivity contribution in [3.8, 4) is 0 Å². The lowest BCUT2D eigenvalue weighted by atomic mass is 10.0. The van der Waals surface area contributed by atoms with Crippen molar-refractivity contribution in [2.75, 3.05) is 13.2 Å². The maximum atomic E-state index is 12.5. The van der Waals surface area contributed by atoms with E-state index in [4.69, 9.17) is 4.74 Å². The number of hydrogen-bond acceptors (Lipinski definition) is 5. The van der Waals surface area contributed by atoms with Gasteiger partial charge in [0.05, 0.1) is 25.4 Å². The molecule has 0 rings (SSSR count). The Labute approximate surface area is 513 Å². The highest BCUT2D eigenvalue weighted by molar-refractivity contribution is 5.76. The van der Waals surface area contributed by atoms with E-state index in [0.717, 1.165) is 44.9 Å². The van der Waals surface area contributed by atoms with Crippen LogP contribution in [0, 0.1) is 0 Å². The summed E-state index contributed by atoms with van der Waals surface area (Å²) in [6.45, 7) is 4.97. The van der Waals surface area contributed by atoms with Crippen LogP contribution in [0.15, 0.2) is 24.3 Å². The maximum Gasteiger partial charge on any atom is 0.305 e. The van der Waals surface area contributed by atoms with E-state index in [9.17, 15) is 19.8 Å². The van der Waals surface area contributed by atoms with Gasteiger partial charge >= 0.3 is 5.97 Å². The van der Waals surface area contributed by atoms with Crippen molar-refractivity contribution in [3.63, 3.8) is 0 Å². The molecule has 0 aliphatic heterocycles. The SMILES string of the molecule is CCCCCCCC/C=C\CCCCCCCC(=O)OCCCCCCCCCCCCCCCCCCCC/C=C\CCCCCCCCCCCCCCCCCCCC(=O)NC(CO)C(O)CCCCCCCCCCCCC. The van der Waals surface area contributed by atoms with E-state index in [2.05, 4.69) is 43.5 Å². The van der Waals surface area contributed by atoms with Crippen molar-refractivity contribution < 1.29 is 24.5 Å². The van der Waals surface area contributed by atoms with Gasteiger partial charge in [-0.1, -0.05) is 359 Å². The summed E-state index contributed by atoms with van der Waals surface area (Å²) in [5.74, 6) is -0.0143. The van der Waals surface area contributed by atoms with E-state index in [1.165, 1.54) is 347 Å². The average Bonchev–Trinajstić information content (AvgIpc) is 3.48. The molecule has 2 atom stereocenters. The smallest absolute Gasteiger partial charge is 0.305 e. The van der Waals surface area contributed by atoms with E-state index in [-0.39, 0.29) is 18.5 Å². The lowest BCUT2D eigenvalue weighted by molar-refractivity contribution is -0.143. The zero-order valence-corrected chi connectivity index (χ0v) is 55.8. The van der Waals surface area contributed by atoms with Gasteiger partial charge in [0, 0.05) is 12.8 Å². The number of unbranched alkanes of at least 4 members (excludes halogenated alkanes) is 56. The molecule has 0 radical (unpaired) electrons. The molecule has 1 amide bonds. The minimum Gasteiger partial charge on any atom is -0.466 e. The second-order valence-electron chi connectivity index (χ2n) is 26.0. The van der Waals surface area contributed by atoms with E-state index in [1.54, 1.807) is 0 Å². The molecule has 0 bridgehead atoms. The third-order valence-electron chi connectivity index (χ3n) is 17.7. The van der Waals surface area contributed by atoms with Crippen molar-refractivity contribution >= 4 is 11.9 Å². The van der Waals surface area contributed by atoms with Gasteiger partial charge < -0.3 is 20.3 Å². The Morgan fingerprint density at radius 1 is 0.329 bits per heavy atom. The molecule has 0 aliphatic rings. The zero-order chi connectivity index (χ0) is 59.2. The summed E-state index contributed by atoms with van der Waals surface area (Å²) in [7, 11) is 0. The fraction of sp³-hybridized carbons (Fsp3) is 0.921. The van der Waals surface area contributed by atoms with Gasteiger partial charge in [0.2, 0.25) is 5.91 Å². The molecule has 6 nitrogen and oxygen atoms in total. The molecule has 2 unspecified atom stereocenters. The van der Waals surface area contributed by atoms with Crippen molar-refractivity contribution in [2.24, 2.45) is 0 Å². The lowest BCUT2D eigenvalue weighted by Crippen LogP contribution is -2.45. The van der Waals surface area contributed by atoms with E-state index < -0.39 is 12.1 Å². The van der Waals surface area contributed by atoms with Crippen molar-refractivity contribution in [2.45, 2.75) is 437 Å². The fourth-order valence-corrected chi connectivity index (χ4v) is 12.0. The highest BCUT2D eigenvalue weighted by Crippen LogP contribution is 2.19. The average molecular weight is 1160 g/mol. The summed E-state index contributed by atoms with van der Waals surface area (Å²) in [5.41, 5.74) is 0. The molecule has 486 valence electrons. The number of esters is 1. The Bertz CT molecular complexity index is 1280. The molecule has 0 heterocycles. The van der Waals surface area contributed by atoms with Gasteiger partial charge in [-0.05, 0) is 77.0 Å². The number of hydrogen-bond donors (Lipinski definition) is 3. The minimum absolute atomic E-state index is 0.0151. The number of ether oxygens (including phenoxy) is 1. The Morgan fingerprint density at radius 2 is 0.573 bits per heavy atom. The largest absolute Gasteiger partial charge is 0.466 e. The number of carbonyl (C=O) groups is 2. The zero-order valence-electron chi connectivity index (χ0n) is 55.8. The fourth-order valence-electron chi connectivity index (χ4n) is 12.0. The maximum absolute atomic E-state index is 12.5. The van der Waals surface area contributed by atoms with Crippen LogP contribution in [-0.4, -0.2) is 47.4 Å². The molecule has 6 heteroatoms. The highest BCUT2D eigenvalue weighted by Gasteiger charge is 2.20. The molecule has 0 aromatic heterocycles. The molecular formula is C76H147NO5. The topological polar surface area (TPSA) is 95.9 Å². The quantitative estimate of drug-likeness (QED) is 0.0320. The van der Waals surface area contributed by atoms with Crippen LogP contribution < -0.4 is 5.32 Å². The van der Waals surface area contributed by atoms with Crippen LogP contribution in [0.1, 0.15) is 425 Å². The summed E-state index contributed by atoms with van der Waals surface area (Å²) in [5, 5.41) is 23.2. The van der Waals surface area contributed by atoms with Crippen LogP contribution in [-0.2, 0) is 14.3 Å². The molecule has 0 saturated carbocycles. The highest BCUT2D eigenvalue weighted by atomic mass is 16.5. The normalized spacial score (nSPS) is 12.6. The van der Waals surface area contributed by atoms with E-state index >= 15 is 0 Å². The first-order valence-electron chi connectivity index (χ1n) is 37.6. The summed E-state index contributed by atoms with van der Waals surface area (Å²) >= 11 is 0. The van der Waals surface area contributed by atoms with Gasteiger partial charge in [-0.2, -0.15) is 0 Å². The Balaban J connectivity index is 3.30. The van der Waals surface area contributed by atoms with E-state index in [1.807, 2.05) is 0 Å². The molecule has 0 aliphatic carbocycles. The van der Waals surface area contributed by atoms with Crippen LogP contribution in [0.2, 0.25) is 0 Å². The second kappa shape index (κ2) is 71.8. The first kappa shape index (κ1) is 80.3. The third kappa shape index (κ3) is 67.5. The lowest BCUT2D eigenvalue weighted by Gasteiger charge is -2.22. The van der Waals surface area contributed by atoms with Gasteiger partial charge in [0.1, 0.15) is 0 Å². The number of carbonyl (C=O) groups excluding carboxylic acids is 2. The van der Waals surface area contributed by atoms with Crippen molar-refractivity contribution in [1.82, 2.24) is 5.32 Å². The van der Waals surface area contributed by atoms with Gasteiger partial charge in [0.25, 0.3) is 0 Å². The number of amides is 1. The van der Waals surface area contributed by atoms with Gasteiger partial charge in [-0.25, -0.2) is 0 Å². The molecule has 0 aromatic rings. The van der Waals surface area contributed by atoms with E-state index in [0.29, 0.717) is 25.9 Å². The first-order chi connectivity index (χ1) is 40.5. The molecule has 0 fully saturated rings. The number of allylic oxidation sites excluding steroid dienone is 4. The molecule has 82 heavy (non-hydrogen) atoms. The number of rotatable bonds is 71. The Kier molecular flexibility index (Phi) is 70.4. The van der Waals surface area contributed by atoms with Crippen LogP contribution in [0.4, 0.5) is 0 Å². The van der Waals surface area contributed by atoms with Crippen LogP contribution in [0.3, 0.4) is 0 Å². The number of nitrogens with one attached hydrogen (secondary N) is 1. The van der Waals surface area contributed by atoms with Crippen LogP contribution in [0.5, 0.6) is 0 Å². The Hall–Kier alpha value is -1.66. The van der Waals surface area contributed by atoms with Crippen molar-refractivity contribution in [3.05, 3.63) is 24.3 Å². The summed E-state index contributed by atoms with van der Waals surface area (Å²) < 4.78 is 5.50. The number of aliphatic hydroxyl groups excluding tert-OH is 2. The van der Waals surface area contributed by atoms with Gasteiger partial charge in [-0.3, -0.25) is 9.59 Å².